The van der Waals surface area contributed by atoms with Crippen molar-refractivity contribution in [3.05, 3.63) is 114 Å². The maximum Gasteiger partial charge on any atom is 0.255 e. The third-order valence-corrected chi connectivity index (χ3v) is 6.76. The number of anilines is 1. The second-order valence-corrected chi connectivity index (χ2v) is 9.25. The Morgan fingerprint density at radius 2 is 1.67 bits per heavy atom. The predicted octanol–water partition coefficient (Wildman–Crippen LogP) is 6.76. The van der Waals surface area contributed by atoms with Crippen LogP contribution in [0.1, 0.15) is 40.9 Å². The van der Waals surface area contributed by atoms with Crippen molar-refractivity contribution >= 4 is 29.7 Å². The van der Waals surface area contributed by atoms with Gasteiger partial charge in [-0.2, -0.15) is 0 Å². The van der Waals surface area contributed by atoms with E-state index in [2.05, 4.69) is 76.2 Å². The number of amides is 1. The average Bonchev–Trinajstić information content (AvgIpc) is 3.30. The number of aromatic nitrogens is 1. The first-order valence-electron chi connectivity index (χ1n) is 12.2. The molecule has 1 aliphatic rings. The van der Waals surface area contributed by atoms with Crippen LogP contribution in [0.4, 0.5) is 11.5 Å². The van der Waals surface area contributed by atoms with E-state index < -0.39 is 5.66 Å². The molecule has 2 heterocycles. The number of carbonyl (C=O) groups is 1. The van der Waals surface area contributed by atoms with Gasteiger partial charge in [-0.25, -0.2) is 4.99 Å². The molecule has 36 heavy (non-hydrogen) atoms. The monoisotopic (exact) mass is 474 g/mol. The van der Waals surface area contributed by atoms with Crippen LogP contribution in [0.3, 0.4) is 0 Å². The molecule has 5 nitrogen and oxygen atoms in total. The zero-order valence-electron chi connectivity index (χ0n) is 20.7. The Morgan fingerprint density at radius 3 is 2.33 bits per heavy atom. The number of nitrogens with one attached hydrogen (secondary N) is 2. The van der Waals surface area contributed by atoms with Gasteiger partial charge in [0.15, 0.2) is 0 Å². The molecule has 5 rings (SSSR count). The number of carbonyl (C=O) groups excluding carboxylic acids is 1. The van der Waals surface area contributed by atoms with Crippen molar-refractivity contribution in [3.63, 3.8) is 0 Å². The highest BCUT2D eigenvalue weighted by molar-refractivity contribution is 6.03. The van der Waals surface area contributed by atoms with Crippen molar-refractivity contribution in [2.75, 3.05) is 4.90 Å². The van der Waals surface area contributed by atoms with Gasteiger partial charge in [-0.1, -0.05) is 79.4 Å². The van der Waals surface area contributed by atoms with E-state index in [-0.39, 0.29) is 5.91 Å². The normalized spacial score (nSPS) is 17.2. The largest absolute Gasteiger partial charge is 0.346 e. The maximum atomic E-state index is 13.4. The third kappa shape index (κ3) is 4.36. The smallest absolute Gasteiger partial charge is 0.255 e. The number of hydrogen-bond acceptors (Lipinski definition) is 3. The molecule has 5 heteroatoms. The van der Waals surface area contributed by atoms with Crippen molar-refractivity contribution in [1.82, 2.24) is 10.3 Å². The topological polar surface area (TPSA) is 60.5 Å². The van der Waals surface area contributed by atoms with Crippen molar-refractivity contribution in [2.24, 2.45) is 4.99 Å². The van der Waals surface area contributed by atoms with Crippen LogP contribution < -0.4 is 10.2 Å². The molecule has 0 spiro atoms. The number of benzene rings is 3. The number of aromatic amines is 1. The lowest BCUT2D eigenvalue weighted by molar-refractivity contribution is 0.0887. The summed E-state index contributed by atoms with van der Waals surface area (Å²) in [6.07, 6.45) is 6.21. The minimum absolute atomic E-state index is 0.0615. The van der Waals surface area contributed by atoms with Gasteiger partial charge < -0.3 is 15.2 Å². The van der Waals surface area contributed by atoms with E-state index in [0.29, 0.717) is 18.5 Å². The van der Waals surface area contributed by atoms with E-state index in [9.17, 15) is 4.79 Å². The van der Waals surface area contributed by atoms with E-state index in [4.69, 9.17) is 0 Å². The molecule has 0 bridgehead atoms. The summed E-state index contributed by atoms with van der Waals surface area (Å²) in [5.74, 6) is 0.710. The van der Waals surface area contributed by atoms with Gasteiger partial charge in [0.25, 0.3) is 5.91 Å². The van der Waals surface area contributed by atoms with Crippen molar-refractivity contribution in [1.29, 1.82) is 0 Å². The van der Waals surface area contributed by atoms with Crippen LogP contribution >= 0.6 is 0 Å². The highest BCUT2D eigenvalue weighted by Crippen LogP contribution is 2.39. The van der Waals surface area contributed by atoms with Crippen LogP contribution in [0.25, 0.3) is 17.2 Å². The second-order valence-electron chi connectivity index (χ2n) is 9.25. The molecule has 4 aromatic rings. The lowest BCUT2D eigenvalue weighted by Crippen LogP contribution is -2.63. The molecule has 2 N–H and O–H groups in total. The molecular formula is C31H30N4O. The summed E-state index contributed by atoms with van der Waals surface area (Å²) in [7, 11) is 0. The predicted molar refractivity (Wildman–Crippen MR) is 149 cm³/mol. The van der Waals surface area contributed by atoms with Gasteiger partial charge in [-0.05, 0) is 42.7 Å². The first-order valence-corrected chi connectivity index (χ1v) is 12.2. The summed E-state index contributed by atoms with van der Waals surface area (Å²) in [4.78, 5) is 23.4. The van der Waals surface area contributed by atoms with Crippen LogP contribution in [0, 0.1) is 0 Å². The lowest BCUT2D eigenvalue weighted by atomic mass is 9.91. The maximum absolute atomic E-state index is 13.4. The van der Waals surface area contributed by atoms with Crippen LogP contribution in [0.5, 0.6) is 0 Å². The Hall–Kier alpha value is -4.38. The number of aliphatic imine (C=N–C) groups is 1. The van der Waals surface area contributed by atoms with Gasteiger partial charge in [-0.3, -0.25) is 4.79 Å². The Balaban J connectivity index is 1.64. The molecule has 0 saturated carbocycles. The molecule has 1 atom stereocenters. The first kappa shape index (κ1) is 23.4. The van der Waals surface area contributed by atoms with Crippen LogP contribution in [-0.4, -0.2) is 22.8 Å². The first-order chi connectivity index (χ1) is 17.5. The third-order valence-electron chi connectivity index (χ3n) is 6.76. The molecule has 0 fully saturated rings. The summed E-state index contributed by atoms with van der Waals surface area (Å²) in [6.45, 7) is 8.66. The number of nitrogens with zero attached hydrogens (tertiary/aromatic N) is 2. The number of fused-ring (bicyclic) bond motifs is 1. The van der Waals surface area contributed by atoms with E-state index >= 15 is 0 Å². The molecule has 1 aliphatic heterocycles. The molecule has 180 valence electrons. The minimum Gasteiger partial charge on any atom is -0.346 e. The van der Waals surface area contributed by atoms with Crippen molar-refractivity contribution in [3.8, 4) is 11.1 Å². The summed E-state index contributed by atoms with van der Waals surface area (Å²) in [5.41, 5.74) is 6.26. The molecule has 1 aromatic heterocycles. The van der Waals surface area contributed by atoms with Gasteiger partial charge >= 0.3 is 0 Å². The van der Waals surface area contributed by atoms with Gasteiger partial charge in [0.1, 0.15) is 11.5 Å². The Kier molecular flexibility index (Phi) is 6.30. The second kappa shape index (κ2) is 9.70. The van der Waals surface area contributed by atoms with Crippen molar-refractivity contribution in [2.45, 2.75) is 32.5 Å². The molecule has 1 amide bonds. The SMILES string of the molecule is C=Cc1c(-c2ccc3c(c2)N(Cc2ccccc2)C(C)(Cc2ccccc2)NC3=O)c[nH]c1/N=C\C. The summed E-state index contributed by atoms with van der Waals surface area (Å²) in [6, 6.07) is 26.7. The minimum atomic E-state index is -0.614. The molecular weight excluding hydrogens is 444 g/mol. The Morgan fingerprint density at radius 1 is 0.972 bits per heavy atom. The van der Waals surface area contributed by atoms with Crippen LogP contribution in [0.15, 0.2) is 96.6 Å². The number of rotatable bonds is 7. The van der Waals surface area contributed by atoms with Crippen LogP contribution in [-0.2, 0) is 13.0 Å². The summed E-state index contributed by atoms with van der Waals surface area (Å²) >= 11 is 0. The van der Waals surface area contributed by atoms with E-state index in [1.165, 1.54) is 11.1 Å². The fourth-order valence-corrected chi connectivity index (χ4v) is 5.02. The van der Waals surface area contributed by atoms with E-state index in [1.807, 2.05) is 55.6 Å². The summed E-state index contributed by atoms with van der Waals surface area (Å²) in [5, 5.41) is 3.32. The highest BCUT2D eigenvalue weighted by Gasteiger charge is 2.40. The zero-order valence-corrected chi connectivity index (χ0v) is 20.7. The average molecular weight is 475 g/mol. The fourth-order valence-electron chi connectivity index (χ4n) is 5.02. The van der Waals surface area contributed by atoms with Crippen LogP contribution in [0.2, 0.25) is 0 Å². The van der Waals surface area contributed by atoms with Gasteiger partial charge in [0.2, 0.25) is 0 Å². The van der Waals surface area contributed by atoms with Gasteiger partial charge in [-0.15, -0.1) is 0 Å². The zero-order chi connectivity index (χ0) is 25.1. The van der Waals surface area contributed by atoms with Gasteiger partial charge in [0, 0.05) is 36.5 Å². The summed E-state index contributed by atoms with van der Waals surface area (Å²) < 4.78 is 0. The molecule has 0 radical (unpaired) electrons. The Labute approximate surface area is 212 Å². The van der Waals surface area contributed by atoms with E-state index in [0.717, 1.165) is 28.2 Å². The molecule has 0 aliphatic carbocycles. The quantitative estimate of drug-likeness (QED) is 0.291. The molecule has 0 saturated heterocycles. The van der Waals surface area contributed by atoms with Gasteiger partial charge in [0.05, 0.1) is 11.3 Å². The Bertz CT molecular complexity index is 1420. The highest BCUT2D eigenvalue weighted by atomic mass is 16.2. The fraction of sp³-hybridized carbons (Fsp3) is 0.161. The van der Waals surface area contributed by atoms with E-state index in [1.54, 1.807) is 6.21 Å². The standard InChI is InChI=1S/C31H30N4O/c1-4-25-27(20-33-29(25)32-5-2)24-16-17-26-28(18-24)35(21-23-14-10-7-11-15-23)31(3,34-30(26)36)19-22-12-8-6-9-13-22/h4-18,20,33H,1,19,21H2,2-3H3,(H,34,36)/b32-5-. The number of hydrogen-bond donors (Lipinski definition) is 2. The number of H-pyrrole nitrogens is 1. The molecule has 1 unspecified atom stereocenters. The lowest BCUT2D eigenvalue weighted by Gasteiger charge is -2.47. The van der Waals surface area contributed by atoms with Crippen molar-refractivity contribution < 1.29 is 4.79 Å². The molecule has 3 aromatic carbocycles.